The Morgan fingerprint density at radius 2 is 2.27 bits per heavy atom. The zero-order valence-corrected chi connectivity index (χ0v) is 9.63. The summed E-state index contributed by atoms with van der Waals surface area (Å²) in [4.78, 5) is 8.47. The van der Waals surface area contributed by atoms with Crippen molar-refractivity contribution in [2.45, 2.75) is 13.5 Å². The van der Waals surface area contributed by atoms with E-state index in [1.54, 1.807) is 0 Å². The number of nitrogens with one attached hydrogen (secondary N) is 1. The van der Waals surface area contributed by atoms with Crippen LogP contribution < -0.4 is 5.32 Å². The van der Waals surface area contributed by atoms with Gasteiger partial charge in [0.15, 0.2) is 5.17 Å². The molecule has 0 aliphatic carbocycles. The zero-order valence-electron chi connectivity index (χ0n) is 8.81. The Morgan fingerprint density at radius 3 is 2.93 bits per heavy atom. The van der Waals surface area contributed by atoms with Crippen molar-refractivity contribution >= 4 is 16.9 Å². The molecular weight excluding hydrogens is 206 g/mol. The summed E-state index contributed by atoms with van der Waals surface area (Å²) in [5.74, 6) is 1.88. The van der Waals surface area contributed by atoms with Gasteiger partial charge < -0.3 is 5.32 Å². The lowest BCUT2D eigenvalue weighted by Crippen LogP contribution is -2.25. The van der Waals surface area contributed by atoms with Crippen LogP contribution in [0.25, 0.3) is 0 Å². The molecule has 0 saturated heterocycles. The van der Waals surface area contributed by atoms with Crippen molar-refractivity contribution in [3.05, 3.63) is 30.1 Å². The van der Waals surface area contributed by atoms with E-state index in [-0.39, 0.29) is 0 Å². The maximum Gasteiger partial charge on any atom is 0.156 e. The van der Waals surface area contributed by atoms with E-state index in [9.17, 15) is 0 Å². The lowest BCUT2D eigenvalue weighted by molar-refractivity contribution is 0.669. The Morgan fingerprint density at radius 1 is 1.47 bits per heavy atom. The highest BCUT2D eigenvalue weighted by molar-refractivity contribution is 8.13. The molecule has 0 saturated carbocycles. The minimum absolute atomic E-state index is 0.710. The predicted molar refractivity (Wildman–Crippen MR) is 65.0 cm³/mol. The fraction of sp³-hybridized carbons (Fsp3) is 0.455. The van der Waals surface area contributed by atoms with E-state index in [1.165, 1.54) is 11.3 Å². The lowest BCUT2D eigenvalue weighted by atomic mass is 10.2. The van der Waals surface area contributed by atoms with Crippen LogP contribution in [-0.4, -0.2) is 22.4 Å². The first-order chi connectivity index (χ1) is 7.34. The van der Waals surface area contributed by atoms with Gasteiger partial charge in [0.05, 0.1) is 0 Å². The summed E-state index contributed by atoms with van der Waals surface area (Å²) >= 11 is 1.81. The van der Waals surface area contributed by atoms with Crippen LogP contribution in [0.15, 0.2) is 29.5 Å². The molecule has 1 aliphatic rings. The number of thioether (sulfide) groups is 1. The third-order valence-electron chi connectivity index (χ3n) is 2.24. The molecule has 1 unspecified atom stereocenters. The molecule has 0 spiro atoms. The largest absolute Gasteiger partial charge is 0.361 e. The molecule has 1 aliphatic heterocycles. The van der Waals surface area contributed by atoms with Crippen LogP contribution in [0.1, 0.15) is 12.5 Å². The number of rotatable bonds is 2. The molecule has 0 aromatic carbocycles. The average molecular weight is 221 g/mol. The van der Waals surface area contributed by atoms with Gasteiger partial charge >= 0.3 is 0 Å². The highest BCUT2D eigenvalue weighted by Crippen LogP contribution is 2.15. The van der Waals surface area contributed by atoms with Crippen LogP contribution in [0.2, 0.25) is 0 Å². The standard InChI is InChI=1S/C11H15N3S/c1-9-6-13-11(15-8-9)14-7-10-2-4-12-5-3-10/h2-5,9H,6-8H2,1H3,(H,13,14). The zero-order chi connectivity index (χ0) is 10.5. The summed E-state index contributed by atoms with van der Waals surface area (Å²) in [5.41, 5.74) is 1.24. The number of nitrogens with zero attached hydrogens (tertiary/aromatic N) is 2. The van der Waals surface area contributed by atoms with Crippen LogP contribution in [0, 0.1) is 5.92 Å². The van der Waals surface area contributed by atoms with Crippen molar-refractivity contribution in [2.75, 3.05) is 12.3 Å². The molecule has 1 aromatic heterocycles. The van der Waals surface area contributed by atoms with Crippen molar-refractivity contribution in [2.24, 2.45) is 10.9 Å². The van der Waals surface area contributed by atoms with Gasteiger partial charge in [-0.2, -0.15) is 0 Å². The number of aromatic nitrogens is 1. The first kappa shape index (κ1) is 10.5. The normalized spacial score (nSPS) is 20.9. The molecule has 2 heterocycles. The van der Waals surface area contributed by atoms with Gasteiger partial charge in [-0.1, -0.05) is 18.7 Å². The Labute approximate surface area is 94.4 Å². The van der Waals surface area contributed by atoms with Gasteiger partial charge in [0.1, 0.15) is 0 Å². The molecular formula is C11H15N3S. The van der Waals surface area contributed by atoms with Gasteiger partial charge in [0, 0.05) is 31.2 Å². The monoisotopic (exact) mass is 221 g/mol. The second-order valence-electron chi connectivity index (χ2n) is 3.77. The molecule has 0 bridgehead atoms. The van der Waals surface area contributed by atoms with Crippen LogP contribution >= 0.6 is 11.8 Å². The minimum Gasteiger partial charge on any atom is -0.361 e. The summed E-state index contributed by atoms with van der Waals surface area (Å²) in [7, 11) is 0. The fourth-order valence-corrected chi connectivity index (χ4v) is 2.23. The van der Waals surface area contributed by atoms with Crippen molar-refractivity contribution < 1.29 is 0 Å². The van der Waals surface area contributed by atoms with Crippen molar-refractivity contribution in [1.29, 1.82) is 0 Å². The fourth-order valence-electron chi connectivity index (χ4n) is 1.34. The SMILES string of the molecule is CC1CN=C(NCc2ccncc2)SC1. The third kappa shape index (κ3) is 3.23. The number of pyridine rings is 1. The number of hydrogen-bond acceptors (Lipinski definition) is 4. The van der Waals surface area contributed by atoms with E-state index in [0.29, 0.717) is 5.92 Å². The molecule has 80 valence electrons. The highest BCUT2D eigenvalue weighted by Gasteiger charge is 2.11. The van der Waals surface area contributed by atoms with Crippen LogP contribution in [-0.2, 0) is 6.54 Å². The van der Waals surface area contributed by atoms with Gasteiger partial charge in [0.25, 0.3) is 0 Å². The van der Waals surface area contributed by atoms with Crippen LogP contribution in [0.5, 0.6) is 0 Å². The van der Waals surface area contributed by atoms with Gasteiger partial charge in [-0.15, -0.1) is 0 Å². The van der Waals surface area contributed by atoms with Crippen molar-refractivity contribution in [3.63, 3.8) is 0 Å². The maximum atomic E-state index is 4.48. The third-order valence-corrected chi connectivity index (χ3v) is 3.53. The van der Waals surface area contributed by atoms with E-state index in [2.05, 4.69) is 22.2 Å². The first-order valence-corrected chi connectivity index (χ1v) is 6.13. The van der Waals surface area contributed by atoms with E-state index in [1.807, 2.05) is 36.3 Å². The van der Waals surface area contributed by atoms with Gasteiger partial charge in [0.2, 0.25) is 0 Å². The Bertz CT molecular complexity index is 337. The molecule has 0 amide bonds. The first-order valence-electron chi connectivity index (χ1n) is 5.14. The Kier molecular flexibility index (Phi) is 3.61. The van der Waals surface area contributed by atoms with Crippen LogP contribution in [0.4, 0.5) is 0 Å². The predicted octanol–water partition coefficient (Wildman–Crippen LogP) is 1.91. The highest BCUT2D eigenvalue weighted by atomic mass is 32.2. The Balaban J connectivity index is 1.84. The summed E-state index contributed by atoms with van der Waals surface area (Å²) in [6, 6.07) is 4.04. The van der Waals surface area contributed by atoms with E-state index in [0.717, 1.165) is 18.3 Å². The summed E-state index contributed by atoms with van der Waals surface area (Å²) in [5, 5.41) is 4.42. The summed E-state index contributed by atoms with van der Waals surface area (Å²) in [6.45, 7) is 4.02. The minimum atomic E-state index is 0.710. The molecule has 2 rings (SSSR count). The molecule has 1 atom stereocenters. The second-order valence-corrected chi connectivity index (χ2v) is 4.78. The number of amidine groups is 1. The van der Waals surface area contributed by atoms with Gasteiger partial charge in [-0.05, 0) is 23.6 Å². The number of hydrogen-bond donors (Lipinski definition) is 1. The number of aliphatic imine (C=N–C) groups is 1. The van der Waals surface area contributed by atoms with E-state index >= 15 is 0 Å². The molecule has 3 nitrogen and oxygen atoms in total. The Hall–Kier alpha value is -1.03. The molecule has 1 N–H and O–H groups in total. The second kappa shape index (κ2) is 5.16. The average Bonchev–Trinajstić information content (AvgIpc) is 2.30. The summed E-state index contributed by atoms with van der Waals surface area (Å²) in [6.07, 6.45) is 3.63. The lowest BCUT2D eigenvalue weighted by Gasteiger charge is -2.17. The van der Waals surface area contributed by atoms with Gasteiger partial charge in [-0.25, -0.2) is 0 Å². The van der Waals surface area contributed by atoms with Gasteiger partial charge in [-0.3, -0.25) is 9.98 Å². The molecule has 4 heteroatoms. The summed E-state index contributed by atoms with van der Waals surface area (Å²) < 4.78 is 0. The van der Waals surface area contributed by atoms with Crippen molar-refractivity contribution in [3.8, 4) is 0 Å². The molecule has 15 heavy (non-hydrogen) atoms. The molecule has 1 aromatic rings. The quantitative estimate of drug-likeness (QED) is 0.829. The smallest absolute Gasteiger partial charge is 0.156 e. The molecule has 0 fully saturated rings. The van der Waals surface area contributed by atoms with E-state index in [4.69, 9.17) is 0 Å². The van der Waals surface area contributed by atoms with Crippen molar-refractivity contribution in [1.82, 2.24) is 10.3 Å². The van der Waals surface area contributed by atoms with E-state index < -0.39 is 0 Å². The topological polar surface area (TPSA) is 37.3 Å². The maximum absolute atomic E-state index is 4.48. The molecule has 0 radical (unpaired) electrons. The van der Waals surface area contributed by atoms with Crippen LogP contribution in [0.3, 0.4) is 0 Å².